The molecule has 0 saturated heterocycles. The van der Waals surface area contributed by atoms with Crippen molar-refractivity contribution in [3.63, 3.8) is 0 Å². The predicted molar refractivity (Wildman–Crippen MR) is 57.0 cm³/mol. The van der Waals surface area contributed by atoms with E-state index < -0.39 is 40.6 Å². The van der Waals surface area contributed by atoms with Crippen molar-refractivity contribution in [2.24, 2.45) is 0 Å². The zero-order chi connectivity index (χ0) is 14.3. The number of hydrogen-bond acceptors (Lipinski definition) is 6. The van der Waals surface area contributed by atoms with Crippen molar-refractivity contribution in [2.75, 3.05) is 26.4 Å². The molecule has 0 aromatic rings. The molecule has 11 heteroatoms. The monoisotopic (exact) mass is 309 g/mol. The first kappa shape index (κ1) is 16.6. The van der Waals surface area contributed by atoms with Gasteiger partial charge in [0.2, 0.25) is 9.84 Å². The molecule has 0 saturated carbocycles. The van der Waals surface area contributed by atoms with Crippen LogP contribution < -0.4 is 5.11 Å². The molecule has 1 unspecified atom stereocenters. The molecule has 0 aromatic heterocycles. The van der Waals surface area contributed by atoms with Crippen LogP contribution in [0.2, 0.25) is 0 Å². The Morgan fingerprint density at radius 1 is 1.35 bits per heavy atom. The molecule has 17 heavy (non-hydrogen) atoms. The average Bonchev–Trinajstić information content (AvgIpc) is 1.97. The van der Waals surface area contributed by atoms with Crippen molar-refractivity contribution in [3.8, 4) is 0 Å². The van der Waals surface area contributed by atoms with Crippen LogP contribution >= 0.6 is 11.6 Å². The van der Waals surface area contributed by atoms with Crippen LogP contribution in [0, 0.1) is 0 Å². The van der Waals surface area contributed by atoms with Gasteiger partial charge in [-0.05, 0) is 0 Å². The van der Waals surface area contributed by atoms with E-state index in [0.29, 0.717) is 6.26 Å². The molecule has 0 aliphatic heterocycles. The maximum atomic E-state index is 11.5. The summed E-state index contributed by atoms with van der Waals surface area (Å²) in [6.45, 7) is 0. The van der Waals surface area contributed by atoms with E-state index in [2.05, 4.69) is 0 Å². The maximum absolute atomic E-state index is 11.5. The first-order valence-electron chi connectivity index (χ1n) is 4.03. The molecule has 0 spiro atoms. The van der Waals surface area contributed by atoms with E-state index in [1.54, 1.807) is 0 Å². The quantitative estimate of drug-likeness (QED) is 0.259. The van der Waals surface area contributed by atoms with Gasteiger partial charge in [0, 0.05) is 6.26 Å². The number of carbonyl (C=O) groups is 1. The second-order valence-electron chi connectivity index (χ2n) is 3.92. The molecule has 0 bridgehead atoms. The summed E-state index contributed by atoms with van der Waals surface area (Å²) in [6.07, 6.45) is 0.364. The summed E-state index contributed by atoms with van der Waals surface area (Å²) in [6, 6.07) is -0.694. The SMILES string of the molecule is C[N+](C)(CCl)C(C(=O)[O-])(S(C)(=O)=O)S(=O)(=O)O. The van der Waals surface area contributed by atoms with Gasteiger partial charge in [0.25, 0.3) is 0 Å². The molecular weight excluding hydrogens is 298 g/mol. The molecular formula is C6H12ClNO7S2. The number of carboxylic acids is 1. The number of carbonyl (C=O) groups excluding carboxylic acids is 1. The van der Waals surface area contributed by atoms with Gasteiger partial charge >= 0.3 is 14.3 Å². The van der Waals surface area contributed by atoms with Gasteiger partial charge in [-0.3, -0.25) is 9.04 Å². The fourth-order valence-corrected chi connectivity index (χ4v) is 5.55. The van der Waals surface area contributed by atoms with Crippen LogP contribution in [0.5, 0.6) is 0 Å². The Kier molecular flexibility index (Phi) is 4.25. The number of alkyl halides is 1. The minimum Gasteiger partial charge on any atom is -0.542 e. The summed E-state index contributed by atoms with van der Waals surface area (Å²) in [5.41, 5.74) is 0. The number of sulfone groups is 1. The minimum atomic E-state index is -5.52. The molecule has 102 valence electrons. The van der Waals surface area contributed by atoms with Crippen LogP contribution in [0.25, 0.3) is 0 Å². The van der Waals surface area contributed by atoms with Gasteiger partial charge in [-0.25, -0.2) is 8.42 Å². The van der Waals surface area contributed by atoms with Crippen molar-refractivity contribution in [3.05, 3.63) is 0 Å². The summed E-state index contributed by atoms with van der Waals surface area (Å²) in [5, 5.41) is 11.0. The second kappa shape index (κ2) is 4.35. The van der Waals surface area contributed by atoms with E-state index in [1.165, 1.54) is 0 Å². The Bertz CT molecular complexity index is 489. The molecule has 0 aliphatic rings. The van der Waals surface area contributed by atoms with Crippen molar-refractivity contribution < 1.29 is 35.8 Å². The molecule has 0 heterocycles. The van der Waals surface area contributed by atoms with Gasteiger partial charge in [0.1, 0.15) is 5.97 Å². The predicted octanol–water partition coefficient (Wildman–Crippen LogP) is -2.40. The van der Waals surface area contributed by atoms with Crippen molar-refractivity contribution in [1.29, 1.82) is 0 Å². The zero-order valence-electron chi connectivity index (χ0n) is 9.25. The summed E-state index contributed by atoms with van der Waals surface area (Å²) in [5.74, 6) is -2.46. The first-order valence-corrected chi connectivity index (χ1v) is 7.89. The molecule has 1 atom stereocenters. The number of aliphatic carboxylic acids is 1. The van der Waals surface area contributed by atoms with E-state index >= 15 is 0 Å². The molecule has 0 fully saturated rings. The molecule has 0 amide bonds. The Morgan fingerprint density at radius 3 is 1.76 bits per heavy atom. The van der Waals surface area contributed by atoms with Crippen molar-refractivity contribution >= 4 is 37.5 Å². The number of carboxylic acid groups (broad SMARTS) is 1. The smallest absolute Gasteiger partial charge is 0.364 e. The first-order chi connectivity index (χ1) is 7.25. The van der Waals surface area contributed by atoms with Crippen molar-refractivity contribution in [2.45, 2.75) is 4.20 Å². The van der Waals surface area contributed by atoms with E-state index in [9.17, 15) is 26.7 Å². The second-order valence-corrected chi connectivity index (χ2v) is 8.09. The lowest BCUT2D eigenvalue weighted by molar-refractivity contribution is -0.894. The lowest BCUT2D eigenvalue weighted by Gasteiger charge is -2.42. The fourth-order valence-electron chi connectivity index (χ4n) is 1.53. The Morgan fingerprint density at radius 2 is 1.71 bits per heavy atom. The summed E-state index contributed by atoms with van der Waals surface area (Å²) >= 11 is 5.37. The number of hydrogen-bond donors (Lipinski definition) is 1. The van der Waals surface area contributed by atoms with Crippen LogP contribution in [0.1, 0.15) is 0 Å². The number of rotatable bonds is 5. The Balaban J connectivity index is 6.73. The van der Waals surface area contributed by atoms with Gasteiger partial charge < -0.3 is 9.90 Å². The van der Waals surface area contributed by atoms with Crippen LogP contribution in [-0.4, -0.2) is 62.4 Å². The average molecular weight is 310 g/mol. The molecule has 0 radical (unpaired) electrons. The summed E-state index contributed by atoms with van der Waals surface area (Å²) in [7, 11) is -8.42. The third kappa shape index (κ3) is 2.27. The molecule has 0 rings (SSSR count). The largest absolute Gasteiger partial charge is 0.542 e. The third-order valence-corrected chi connectivity index (χ3v) is 7.37. The highest BCUT2D eigenvalue weighted by Gasteiger charge is 2.66. The fraction of sp³-hybridized carbons (Fsp3) is 0.833. The Hall–Kier alpha value is -0.420. The number of halogens is 1. The van der Waals surface area contributed by atoms with Crippen LogP contribution in [0.15, 0.2) is 0 Å². The maximum Gasteiger partial charge on any atom is 0.364 e. The normalized spacial score (nSPS) is 17.5. The lowest BCUT2D eigenvalue weighted by atomic mass is 10.5. The highest BCUT2D eigenvalue weighted by Crippen LogP contribution is 2.32. The van der Waals surface area contributed by atoms with E-state index in [4.69, 9.17) is 16.2 Å². The minimum absolute atomic E-state index is 0.364. The molecule has 8 nitrogen and oxygen atoms in total. The number of nitrogens with zero attached hydrogens (tertiary/aromatic N) is 1. The molecule has 1 N–H and O–H groups in total. The van der Waals surface area contributed by atoms with Crippen LogP contribution in [-0.2, 0) is 24.7 Å². The standard InChI is InChI=1S/C6H12ClNO7S2/c1-8(2,4-7)6(5(9)10,16(3,11)12)17(13,14)15/h4H2,1-3H3,(H-,9,10,13,14,15). The van der Waals surface area contributed by atoms with Gasteiger partial charge in [0.05, 0.1) is 14.1 Å². The molecule has 0 aromatic carbocycles. The van der Waals surface area contributed by atoms with Crippen LogP contribution in [0.4, 0.5) is 0 Å². The summed E-state index contributed by atoms with van der Waals surface area (Å²) < 4.78 is 49.7. The van der Waals surface area contributed by atoms with Crippen LogP contribution in [0.3, 0.4) is 0 Å². The summed E-state index contributed by atoms with van der Waals surface area (Å²) in [4.78, 5) is 11.0. The zero-order valence-corrected chi connectivity index (χ0v) is 11.6. The van der Waals surface area contributed by atoms with E-state index in [1.807, 2.05) is 0 Å². The lowest BCUT2D eigenvalue weighted by Crippen LogP contribution is -2.74. The third-order valence-electron chi connectivity index (χ3n) is 2.21. The molecule has 0 aliphatic carbocycles. The van der Waals surface area contributed by atoms with Gasteiger partial charge in [0.15, 0.2) is 6.00 Å². The number of likely N-dealkylation sites (N-methyl/N-ethyl adjacent to an activating group) is 1. The highest BCUT2D eigenvalue weighted by molar-refractivity contribution is 8.08. The van der Waals surface area contributed by atoms with Gasteiger partial charge in [-0.2, -0.15) is 8.42 Å². The number of quaternary nitrogens is 1. The van der Waals surface area contributed by atoms with Gasteiger partial charge in [-0.15, -0.1) is 0 Å². The van der Waals surface area contributed by atoms with Crippen molar-refractivity contribution in [1.82, 2.24) is 0 Å². The van der Waals surface area contributed by atoms with E-state index in [-0.39, 0.29) is 0 Å². The topological polar surface area (TPSA) is 129 Å². The highest BCUT2D eigenvalue weighted by atomic mass is 35.5. The van der Waals surface area contributed by atoms with E-state index in [0.717, 1.165) is 14.1 Å². The Labute approximate surface area is 104 Å². The van der Waals surface area contributed by atoms with Gasteiger partial charge in [-0.1, -0.05) is 11.6 Å².